The zero-order valence-corrected chi connectivity index (χ0v) is 13.2. The van der Waals surface area contributed by atoms with Gasteiger partial charge in [-0.05, 0) is 26.8 Å². The van der Waals surface area contributed by atoms with Gasteiger partial charge in [0, 0.05) is 40.5 Å². The molecule has 110 valence electrons. The van der Waals surface area contributed by atoms with Gasteiger partial charge in [0.15, 0.2) is 0 Å². The van der Waals surface area contributed by atoms with Gasteiger partial charge in [0.2, 0.25) is 0 Å². The van der Waals surface area contributed by atoms with E-state index in [1.54, 1.807) is 21.3 Å². The van der Waals surface area contributed by atoms with Gasteiger partial charge in [-0.2, -0.15) is 0 Å². The van der Waals surface area contributed by atoms with Crippen LogP contribution in [0.2, 0.25) is 6.04 Å². The molecule has 0 radical (unpaired) electrons. The third-order valence-corrected chi connectivity index (χ3v) is 4.92. The van der Waals surface area contributed by atoms with Gasteiger partial charge >= 0.3 is 8.80 Å². The fraction of sp³-hybridized carbons (Fsp3) is 0.909. The van der Waals surface area contributed by atoms with Crippen molar-refractivity contribution in [1.82, 2.24) is 5.32 Å². The summed E-state index contributed by atoms with van der Waals surface area (Å²) in [4.78, 5) is 9.44. The minimum Gasteiger partial charge on any atom is -0.377 e. The third kappa shape index (κ3) is 12.2. The Morgan fingerprint density at radius 2 is 1.56 bits per heavy atom. The van der Waals surface area contributed by atoms with Gasteiger partial charge in [-0.15, -0.1) is 0 Å². The van der Waals surface area contributed by atoms with Crippen LogP contribution in [0.25, 0.3) is 0 Å². The molecule has 0 spiro atoms. The van der Waals surface area contributed by atoms with Crippen LogP contribution < -0.4 is 11.1 Å². The molecule has 0 heterocycles. The highest BCUT2D eigenvalue weighted by Gasteiger charge is 2.36. The molecule has 6 nitrogen and oxygen atoms in total. The number of rotatable bonds is 9. The molecule has 0 atom stereocenters. The lowest BCUT2D eigenvalue weighted by molar-refractivity contribution is -0.114. The first-order valence-electron chi connectivity index (χ1n) is 6.01. The molecule has 0 aromatic heterocycles. The van der Waals surface area contributed by atoms with Crippen molar-refractivity contribution in [2.75, 3.05) is 41.0 Å². The van der Waals surface area contributed by atoms with Crippen molar-refractivity contribution in [2.45, 2.75) is 26.3 Å². The summed E-state index contributed by atoms with van der Waals surface area (Å²) in [7, 11) is 2.55. The summed E-state index contributed by atoms with van der Waals surface area (Å²) in [6, 6.07) is 0.827. The third-order valence-electron chi connectivity index (χ3n) is 2.09. The molecule has 18 heavy (non-hydrogen) atoms. The van der Waals surface area contributed by atoms with Crippen molar-refractivity contribution < 1.29 is 18.1 Å². The van der Waals surface area contributed by atoms with Crippen LogP contribution in [-0.4, -0.2) is 55.6 Å². The van der Waals surface area contributed by atoms with E-state index in [0.717, 1.165) is 25.6 Å². The van der Waals surface area contributed by atoms with Crippen LogP contribution in [0.4, 0.5) is 0 Å². The molecule has 7 heteroatoms. The van der Waals surface area contributed by atoms with E-state index in [0.29, 0.717) is 6.54 Å². The van der Waals surface area contributed by atoms with Crippen molar-refractivity contribution in [3.8, 4) is 0 Å². The van der Waals surface area contributed by atoms with Gasteiger partial charge in [0.05, 0.1) is 0 Å². The van der Waals surface area contributed by atoms with E-state index < -0.39 is 8.80 Å². The zero-order chi connectivity index (χ0) is 14.4. The number of carbonyl (C=O) groups excluding carboxylic acids is 1. The minimum absolute atomic E-state index is 0.167. The van der Waals surface area contributed by atoms with Gasteiger partial charge in [-0.1, -0.05) is 0 Å². The van der Waals surface area contributed by atoms with Crippen molar-refractivity contribution in [3.05, 3.63) is 0 Å². The van der Waals surface area contributed by atoms with Gasteiger partial charge in [0.1, 0.15) is 5.78 Å². The van der Waals surface area contributed by atoms with Gasteiger partial charge in [-0.25, -0.2) is 0 Å². The Labute approximate surface area is 112 Å². The van der Waals surface area contributed by atoms with Crippen molar-refractivity contribution in [1.29, 1.82) is 0 Å². The number of Topliss-reactive ketones (excluding diaryl/α,β-unsaturated/α-hetero) is 1. The first kappa shape index (κ1) is 20.0. The number of nitrogens with one attached hydrogen (secondary N) is 1. The van der Waals surface area contributed by atoms with E-state index in [-0.39, 0.29) is 5.78 Å². The average molecular weight is 280 g/mol. The molecule has 0 unspecified atom stereocenters. The lowest BCUT2D eigenvalue weighted by Gasteiger charge is -2.24. The largest absolute Gasteiger partial charge is 0.500 e. The lowest BCUT2D eigenvalue weighted by Crippen LogP contribution is -2.43. The normalized spacial score (nSPS) is 10.8. The Bertz CT molecular complexity index is 189. The maximum Gasteiger partial charge on any atom is 0.500 e. The van der Waals surface area contributed by atoms with Crippen molar-refractivity contribution in [3.63, 3.8) is 0 Å². The number of nitrogens with two attached hydrogens (primary N) is 1. The fourth-order valence-electron chi connectivity index (χ4n) is 1.21. The molecule has 0 aliphatic rings. The van der Waals surface area contributed by atoms with E-state index in [9.17, 15) is 4.79 Å². The highest BCUT2D eigenvalue weighted by atomic mass is 28.4. The zero-order valence-electron chi connectivity index (χ0n) is 12.2. The fourth-order valence-corrected chi connectivity index (χ4v) is 2.94. The molecular weight excluding hydrogens is 252 g/mol. The first-order chi connectivity index (χ1) is 8.47. The summed E-state index contributed by atoms with van der Waals surface area (Å²) in [5.41, 5.74) is 5.35. The van der Waals surface area contributed by atoms with E-state index in [4.69, 9.17) is 19.0 Å². The van der Waals surface area contributed by atoms with Crippen LogP contribution in [-0.2, 0) is 18.1 Å². The molecular formula is C11H28N2O4Si. The first-order valence-corrected chi connectivity index (χ1v) is 7.94. The molecule has 0 bridgehead atoms. The van der Waals surface area contributed by atoms with Crippen LogP contribution in [0.5, 0.6) is 0 Å². The molecule has 0 saturated carbocycles. The highest BCUT2D eigenvalue weighted by Crippen LogP contribution is 2.13. The van der Waals surface area contributed by atoms with Gasteiger partial charge < -0.3 is 29.1 Å². The Morgan fingerprint density at radius 3 is 1.89 bits per heavy atom. The van der Waals surface area contributed by atoms with E-state index in [1.807, 2.05) is 0 Å². The second kappa shape index (κ2) is 13.1. The molecule has 0 saturated heterocycles. The van der Waals surface area contributed by atoms with E-state index in [1.165, 1.54) is 13.8 Å². The topological polar surface area (TPSA) is 82.8 Å². The van der Waals surface area contributed by atoms with Crippen LogP contribution in [0, 0.1) is 0 Å². The maximum atomic E-state index is 9.44. The van der Waals surface area contributed by atoms with Crippen LogP contribution in [0.3, 0.4) is 0 Å². The molecule has 3 N–H and O–H groups in total. The minimum atomic E-state index is -2.35. The Balaban J connectivity index is 0. The molecule has 0 aliphatic carbocycles. The summed E-state index contributed by atoms with van der Waals surface area (Å²) in [5.74, 6) is 0.167. The summed E-state index contributed by atoms with van der Waals surface area (Å²) < 4.78 is 15.9. The predicted octanol–water partition coefficient (Wildman–Crippen LogP) is 0.398. The van der Waals surface area contributed by atoms with Crippen molar-refractivity contribution in [2.24, 2.45) is 5.73 Å². The van der Waals surface area contributed by atoms with Gasteiger partial charge in [-0.3, -0.25) is 0 Å². The standard InChI is InChI=1S/C8H22N2O3Si.C3H6O/c1-11-14(12-2,13-3)8-4-6-10-7-5-9;1-3(2)4/h10H,4-9H2,1-3H3;1-2H3. The Kier molecular flexibility index (Phi) is 14.6. The second-order valence-electron chi connectivity index (χ2n) is 3.85. The predicted molar refractivity (Wildman–Crippen MR) is 74.5 cm³/mol. The number of hydrogen-bond donors (Lipinski definition) is 2. The van der Waals surface area contributed by atoms with E-state index in [2.05, 4.69) is 5.32 Å². The number of hydrogen-bond acceptors (Lipinski definition) is 6. The monoisotopic (exact) mass is 280 g/mol. The molecule has 0 aliphatic heterocycles. The maximum absolute atomic E-state index is 9.44. The van der Waals surface area contributed by atoms with Crippen LogP contribution >= 0.6 is 0 Å². The van der Waals surface area contributed by atoms with Gasteiger partial charge in [0.25, 0.3) is 0 Å². The Morgan fingerprint density at radius 1 is 1.11 bits per heavy atom. The average Bonchev–Trinajstić information content (AvgIpc) is 2.34. The van der Waals surface area contributed by atoms with E-state index >= 15 is 0 Å². The van der Waals surface area contributed by atoms with Crippen LogP contribution in [0.15, 0.2) is 0 Å². The van der Waals surface area contributed by atoms with Crippen molar-refractivity contribution >= 4 is 14.6 Å². The highest BCUT2D eigenvalue weighted by molar-refractivity contribution is 6.60. The summed E-state index contributed by atoms with van der Waals surface area (Å²) in [6.45, 7) is 5.49. The summed E-state index contributed by atoms with van der Waals surface area (Å²) in [5, 5.41) is 3.21. The lowest BCUT2D eigenvalue weighted by atomic mass is 10.5. The number of ketones is 1. The molecule has 0 aromatic carbocycles. The molecule has 0 rings (SSSR count). The van der Waals surface area contributed by atoms with Crippen LogP contribution in [0.1, 0.15) is 20.3 Å². The number of carbonyl (C=O) groups is 1. The smallest absolute Gasteiger partial charge is 0.377 e. The second-order valence-corrected chi connectivity index (χ2v) is 6.94. The molecule has 0 fully saturated rings. The SMILES string of the molecule is CC(C)=O.CO[Si](CCCNCCN)(OC)OC. The molecule has 0 amide bonds. The Hall–Kier alpha value is -0.313. The summed E-state index contributed by atoms with van der Waals surface area (Å²) >= 11 is 0. The summed E-state index contributed by atoms with van der Waals surface area (Å²) in [6.07, 6.45) is 0.974. The quantitative estimate of drug-likeness (QED) is 0.470. The molecule has 0 aromatic rings.